The van der Waals surface area contributed by atoms with E-state index in [4.69, 9.17) is 14.2 Å². The summed E-state index contributed by atoms with van der Waals surface area (Å²) in [6.45, 7) is 5.08. The third kappa shape index (κ3) is 8.52. The molecule has 1 aliphatic heterocycles. The topological polar surface area (TPSA) is 120 Å². The van der Waals surface area contributed by atoms with Gasteiger partial charge in [-0.1, -0.05) is 89.8 Å². The van der Waals surface area contributed by atoms with Crippen LogP contribution in [-0.4, -0.2) is 45.1 Å². The molecule has 9 nitrogen and oxygen atoms in total. The fourth-order valence-corrected chi connectivity index (χ4v) is 6.71. The number of hydrogen-bond donors (Lipinski definition) is 2. The molecule has 1 fully saturated rings. The quantitative estimate of drug-likeness (QED) is 0.153. The van der Waals surface area contributed by atoms with Crippen LogP contribution in [0.25, 0.3) is 11.1 Å². The van der Waals surface area contributed by atoms with Crippen LogP contribution in [0.15, 0.2) is 77.1 Å². The van der Waals surface area contributed by atoms with Crippen molar-refractivity contribution in [1.29, 1.82) is 0 Å². The molecular weight excluding hydrogens is 599 g/mol. The Labute approximate surface area is 265 Å². The van der Waals surface area contributed by atoms with E-state index in [1.54, 1.807) is 30.0 Å². The van der Waals surface area contributed by atoms with Gasteiger partial charge in [-0.25, -0.2) is 0 Å². The van der Waals surface area contributed by atoms with Crippen molar-refractivity contribution in [2.45, 2.75) is 69.3 Å². The van der Waals surface area contributed by atoms with Crippen LogP contribution in [0.1, 0.15) is 59.9 Å². The van der Waals surface area contributed by atoms with Crippen LogP contribution in [-0.2, 0) is 37.0 Å². The van der Waals surface area contributed by atoms with E-state index in [0.717, 1.165) is 48.5 Å². The summed E-state index contributed by atoms with van der Waals surface area (Å²) in [5, 5.41) is 21.6. The van der Waals surface area contributed by atoms with E-state index in [9.17, 15) is 14.7 Å². The van der Waals surface area contributed by atoms with Gasteiger partial charge in [-0.2, -0.15) is 0 Å². The third-order valence-electron chi connectivity index (χ3n) is 7.14. The molecule has 4 aromatic rings. The third-order valence-corrected chi connectivity index (χ3v) is 9.24. The molecule has 2 N–H and O–H groups in total. The number of aliphatic hydroxyl groups excluding tert-OH is 1. The molecule has 5 rings (SSSR count). The lowest BCUT2D eigenvalue weighted by atomic mass is 9.99. The van der Waals surface area contributed by atoms with Crippen molar-refractivity contribution >= 4 is 35.0 Å². The molecule has 0 unspecified atom stereocenters. The Morgan fingerprint density at radius 2 is 1.77 bits per heavy atom. The maximum Gasteiger partial charge on any atom is 0.303 e. The highest BCUT2D eigenvalue weighted by Crippen LogP contribution is 2.40. The second-order valence-electron chi connectivity index (χ2n) is 10.5. The highest BCUT2D eigenvalue weighted by atomic mass is 32.2. The summed E-state index contributed by atoms with van der Waals surface area (Å²) in [7, 11) is 0. The smallest absolute Gasteiger partial charge is 0.303 e. The summed E-state index contributed by atoms with van der Waals surface area (Å²) < 4.78 is 18.8. The molecule has 0 radical (unpaired) electrons. The van der Waals surface area contributed by atoms with Crippen LogP contribution in [0, 0.1) is 6.92 Å². The molecule has 1 amide bonds. The summed E-state index contributed by atoms with van der Waals surface area (Å²) in [5.41, 5.74) is 5.76. The van der Waals surface area contributed by atoms with E-state index in [0.29, 0.717) is 13.0 Å². The number of aliphatic hydroxyl groups is 1. The molecule has 4 atom stereocenters. The van der Waals surface area contributed by atoms with Gasteiger partial charge >= 0.3 is 5.97 Å². The number of benzene rings is 3. The van der Waals surface area contributed by atoms with E-state index in [-0.39, 0.29) is 24.7 Å². The van der Waals surface area contributed by atoms with Gasteiger partial charge in [-0.3, -0.25) is 9.59 Å². The average molecular weight is 634 g/mol. The van der Waals surface area contributed by atoms with Crippen molar-refractivity contribution in [2.75, 3.05) is 5.75 Å². The minimum Gasteiger partial charge on any atom is -0.453 e. The predicted molar refractivity (Wildman–Crippen MR) is 169 cm³/mol. The van der Waals surface area contributed by atoms with Gasteiger partial charge in [-0.05, 0) is 47.7 Å². The number of nitrogens with zero attached hydrogens (tertiary/aromatic N) is 2. The lowest BCUT2D eigenvalue weighted by molar-refractivity contribution is -0.245. The molecule has 44 heavy (non-hydrogen) atoms. The second-order valence-corrected chi connectivity index (χ2v) is 13.0. The van der Waals surface area contributed by atoms with Crippen LogP contribution in [0.3, 0.4) is 0 Å². The number of carbonyl (C=O) groups excluding carboxylic acids is 2. The summed E-state index contributed by atoms with van der Waals surface area (Å²) in [6, 6.07) is 23.9. The molecule has 1 aromatic heterocycles. The molecule has 3 aromatic carbocycles. The van der Waals surface area contributed by atoms with E-state index >= 15 is 0 Å². The number of ether oxygens (including phenoxy) is 3. The zero-order chi connectivity index (χ0) is 31.1. The Hall–Kier alpha value is -3.61. The SMILES string of the molecule is CC(=O)O[C@@H](C)C(=O)NCc1cccc(-c2ccc([C@H]3O[C@@H](CSc4nnc(C)s4)C[C@@H](c4ccc(CO)cc4)O3)cc2)c1. The first-order valence-electron chi connectivity index (χ1n) is 14.3. The van der Waals surface area contributed by atoms with Crippen LogP contribution in [0.2, 0.25) is 0 Å². The summed E-state index contributed by atoms with van der Waals surface area (Å²) >= 11 is 3.22. The fourth-order valence-electron chi connectivity index (χ4n) is 4.85. The van der Waals surface area contributed by atoms with E-state index in [1.165, 1.54) is 6.92 Å². The molecular formula is C33H35N3O6S2. The van der Waals surface area contributed by atoms with E-state index in [1.807, 2.05) is 79.7 Å². The van der Waals surface area contributed by atoms with E-state index < -0.39 is 18.4 Å². The van der Waals surface area contributed by atoms with Crippen LogP contribution in [0.4, 0.5) is 0 Å². The number of esters is 1. The number of aromatic nitrogens is 2. The molecule has 11 heteroatoms. The molecule has 0 spiro atoms. The number of carbonyl (C=O) groups is 2. The molecule has 230 valence electrons. The fraction of sp³-hybridized carbons (Fsp3) is 0.333. The van der Waals surface area contributed by atoms with Crippen molar-refractivity contribution in [2.24, 2.45) is 0 Å². The summed E-state index contributed by atoms with van der Waals surface area (Å²) in [4.78, 5) is 23.4. The molecule has 0 bridgehead atoms. The molecule has 1 saturated heterocycles. The van der Waals surface area contributed by atoms with Gasteiger partial charge in [0.1, 0.15) is 5.01 Å². The van der Waals surface area contributed by atoms with Gasteiger partial charge < -0.3 is 24.6 Å². The first kappa shape index (κ1) is 31.8. The standard InChI is InChI=1S/C33H35N3O6S2/c1-20(40-22(3)38)31(39)34-17-24-5-4-6-28(15-24)25-11-13-27(14-12-25)32-41-29(19-43-33-36-35-21(2)44-33)16-30(42-32)26-9-7-23(18-37)8-10-26/h4-15,20,29-30,32,37H,16-19H2,1-3H3,(H,34,39)/t20-,29+,30-,32-/m0/s1. The first-order chi connectivity index (χ1) is 21.3. The number of aryl methyl sites for hydroxylation is 1. The molecule has 1 aliphatic rings. The number of amides is 1. The van der Waals surface area contributed by atoms with Gasteiger partial charge in [0.15, 0.2) is 16.7 Å². The van der Waals surface area contributed by atoms with Crippen molar-refractivity contribution in [1.82, 2.24) is 15.5 Å². The van der Waals surface area contributed by atoms with Crippen LogP contribution >= 0.6 is 23.1 Å². The van der Waals surface area contributed by atoms with Crippen LogP contribution < -0.4 is 5.32 Å². The summed E-state index contributed by atoms with van der Waals surface area (Å²) in [5.74, 6) is -0.117. The van der Waals surface area contributed by atoms with Gasteiger partial charge in [0.25, 0.3) is 5.91 Å². The Balaban J connectivity index is 1.28. The Kier molecular flexibility index (Phi) is 10.8. The summed E-state index contributed by atoms with van der Waals surface area (Å²) in [6.07, 6.45) is -0.943. The normalized spacial score (nSPS) is 18.9. The van der Waals surface area contributed by atoms with Gasteiger partial charge in [0, 0.05) is 31.2 Å². The largest absolute Gasteiger partial charge is 0.453 e. The second kappa shape index (κ2) is 14.9. The van der Waals surface area contributed by atoms with Gasteiger partial charge in [0.2, 0.25) is 0 Å². The van der Waals surface area contributed by atoms with E-state index in [2.05, 4.69) is 15.5 Å². The Morgan fingerprint density at radius 1 is 1.02 bits per heavy atom. The lowest BCUT2D eigenvalue weighted by Crippen LogP contribution is -2.35. The predicted octanol–water partition coefficient (Wildman–Crippen LogP) is 5.91. The van der Waals surface area contributed by atoms with Crippen molar-refractivity contribution in [3.05, 3.63) is 100 Å². The monoisotopic (exact) mass is 633 g/mol. The number of thioether (sulfide) groups is 1. The number of hydrogen-bond acceptors (Lipinski definition) is 10. The van der Waals surface area contributed by atoms with Crippen molar-refractivity contribution in [3.8, 4) is 11.1 Å². The average Bonchev–Trinajstić information content (AvgIpc) is 3.47. The zero-order valence-corrected chi connectivity index (χ0v) is 26.4. The van der Waals surface area contributed by atoms with Gasteiger partial charge in [0.05, 0.1) is 18.8 Å². The number of rotatable bonds is 11. The molecule has 2 heterocycles. The van der Waals surface area contributed by atoms with Crippen molar-refractivity contribution in [3.63, 3.8) is 0 Å². The zero-order valence-electron chi connectivity index (χ0n) is 24.8. The molecule has 0 saturated carbocycles. The maximum absolute atomic E-state index is 12.2. The minimum atomic E-state index is -0.848. The first-order valence-corrected chi connectivity index (χ1v) is 16.2. The van der Waals surface area contributed by atoms with Crippen molar-refractivity contribution < 1.29 is 28.9 Å². The minimum absolute atomic E-state index is 0.00273. The Bertz CT molecular complexity index is 1560. The van der Waals surface area contributed by atoms with Gasteiger partial charge in [-0.15, -0.1) is 10.2 Å². The maximum atomic E-state index is 12.2. The molecule has 0 aliphatic carbocycles. The van der Waals surface area contributed by atoms with Crippen LogP contribution in [0.5, 0.6) is 0 Å². The highest BCUT2D eigenvalue weighted by Gasteiger charge is 2.32. The Morgan fingerprint density at radius 3 is 2.45 bits per heavy atom. The lowest BCUT2D eigenvalue weighted by Gasteiger charge is -2.36. The number of nitrogens with one attached hydrogen (secondary N) is 1. The highest BCUT2D eigenvalue weighted by molar-refractivity contribution is 8.01.